The Kier molecular flexibility index (Phi) is 7.04. The summed E-state index contributed by atoms with van der Waals surface area (Å²) in [5, 5.41) is 0.552. The summed E-state index contributed by atoms with van der Waals surface area (Å²) in [6.45, 7) is -0.572. The minimum absolute atomic E-state index is 0.126. The highest BCUT2D eigenvalue weighted by Gasteiger charge is 2.33. The highest BCUT2D eigenvalue weighted by molar-refractivity contribution is 7.21. The van der Waals surface area contributed by atoms with Crippen LogP contribution in [0.15, 0.2) is 35.1 Å². The molecule has 1 aliphatic heterocycles. The van der Waals surface area contributed by atoms with Crippen LogP contribution in [-0.2, 0) is 24.8 Å². The summed E-state index contributed by atoms with van der Waals surface area (Å²) in [7, 11) is 2.81. The molecule has 34 heavy (non-hydrogen) atoms. The third-order valence-electron chi connectivity index (χ3n) is 5.96. The fourth-order valence-corrected chi connectivity index (χ4v) is 5.29. The molecular formula is C23H26F3N5O2S. The Hall–Kier alpha value is -2.79. The minimum atomic E-state index is -4.34. The second-order valence-electron chi connectivity index (χ2n) is 8.63. The average Bonchev–Trinajstić information content (AvgIpc) is 3.42. The molecule has 0 unspecified atom stereocenters. The number of carbonyl (C=O) groups excluding carboxylic acids is 1. The van der Waals surface area contributed by atoms with E-state index >= 15 is 0 Å². The van der Waals surface area contributed by atoms with E-state index < -0.39 is 18.3 Å². The summed E-state index contributed by atoms with van der Waals surface area (Å²) in [5.74, 6) is 0.368. The summed E-state index contributed by atoms with van der Waals surface area (Å²) in [6.07, 6.45) is -1.68. The lowest BCUT2D eigenvalue weighted by molar-refractivity contribution is -0.144. The van der Waals surface area contributed by atoms with Crippen molar-refractivity contribution in [3.8, 4) is 0 Å². The van der Waals surface area contributed by atoms with Crippen molar-refractivity contribution in [2.24, 2.45) is 7.05 Å². The highest BCUT2D eigenvalue weighted by Crippen LogP contribution is 2.32. The van der Waals surface area contributed by atoms with Crippen LogP contribution in [0, 0.1) is 0 Å². The Morgan fingerprint density at radius 3 is 2.68 bits per heavy atom. The SMILES string of the molecule is CN(Cc1nc2sc(N3CCC[C@@H]3C(=O)CCc3ccccc3)nc2c(=O)n1C)CC(F)(F)F. The van der Waals surface area contributed by atoms with E-state index in [4.69, 9.17) is 0 Å². The fraction of sp³-hybridized carbons (Fsp3) is 0.478. The molecule has 0 saturated carbocycles. The molecule has 0 spiro atoms. The Balaban J connectivity index is 1.53. The molecule has 1 atom stereocenters. The van der Waals surface area contributed by atoms with Crippen LogP contribution in [0.4, 0.5) is 18.3 Å². The Morgan fingerprint density at radius 1 is 1.24 bits per heavy atom. The molecule has 0 amide bonds. The van der Waals surface area contributed by atoms with E-state index in [0.29, 0.717) is 29.3 Å². The van der Waals surface area contributed by atoms with Crippen LogP contribution in [0.2, 0.25) is 0 Å². The molecule has 0 aliphatic carbocycles. The van der Waals surface area contributed by atoms with E-state index in [1.54, 1.807) is 0 Å². The molecule has 1 fully saturated rings. The van der Waals surface area contributed by atoms with E-state index in [9.17, 15) is 22.8 Å². The van der Waals surface area contributed by atoms with E-state index in [1.807, 2.05) is 35.2 Å². The minimum Gasteiger partial charge on any atom is -0.338 e. The third-order valence-corrected chi connectivity index (χ3v) is 6.94. The van der Waals surface area contributed by atoms with Gasteiger partial charge in [0.1, 0.15) is 5.82 Å². The van der Waals surface area contributed by atoms with E-state index in [-0.39, 0.29) is 29.7 Å². The van der Waals surface area contributed by atoms with Crippen molar-refractivity contribution in [3.63, 3.8) is 0 Å². The van der Waals surface area contributed by atoms with Gasteiger partial charge in [0.2, 0.25) is 0 Å². The first-order valence-corrected chi connectivity index (χ1v) is 11.9. The van der Waals surface area contributed by atoms with Crippen molar-refractivity contribution >= 4 is 32.6 Å². The van der Waals surface area contributed by atoms with Crippen molar-refractivity contribution in [2.75, 3.05) is 25.0 Å². The number of aryl methyl sites for hydroxylation is 1. The Labute approximate surface area is 198 Å². The van der Waals surface area contributed by atoms with Crippen molar-refractivity contribution in [3.05, 3.63) is 52.1 Å². The van der Waals surface area contributed by atoms with Crippen molar-refractivity contribution in [1.29, 1.82) is 0 Å². The molecular weight excluding hydrogens is 467 g/mol. The van der Waals surface area contributed by atoms with Gasteiger partial charge in [-0.15, -0.1) is 0 Å². The van der Waals surface area contributed by atoms with Crippen molar-refractivity contribution in [2.45, 2.75) is 44.4 Å². The van der Waals surface area contributed by atoms with Crippen LogP contribution in [0.1, 0.15) is 30.7 Å². The normalized spacial score (nSPS) is 16.6. The van der Waals surface area contributed by atoms with Gasteiger partial charge in [-0.1, -0.05) is 41.7 Å². The number of thiazole rings is 1. The number of Topliss-reactive ketones (excluding diaryl/α,β-unsaturated/α-hetero) is 1. The number of fused-ring (bicyclic) bond motifs is 1. The quantitative estimate of drug-likeness (QED) is 0.478. The van der Waals surface area contributed by atoms with E-state index in [2.05, 4.69) is 9.97 Å². The number of rotatable bonds is 8. The molecule has 0 radical (unpaired) electrons. The van der Waals surface area contributed by atoms with Crippen molar-refractivity contribution < 1.29 is 18.0 Å². The number of hydrogen-bond acceptors (Lipinski definition) is 7. The number of ketones is 1. The topological polar surface area (TPSA) is 71.3 Å². The van der Waals surface area contributed by atoms with Crippen LogP contribution in [0.5, 0.6) is 0 Å². The second kappa shape index (κ2) is 9.83. The van der Waals surface area contributed by atoms with Gasteiger partial charge in [0.25, 0.3) is 5.56 Å². The summed E-state index contributed by atoms with van der Waals surface area (Å²) in [6, 6.07) is 9.54. The second-order valence-corrected chi connectivity index (χ2v) is 9.59. The van der Waals surface area contributed by atoms with Crippen LogP contribution < -0.4 is 10.5 Å². The molecule has 0 bridgehead atoms. The maximum absolute atomic E-state index is 13.0. The number of alkyl halides is 3. The molecule has 1 aliphatic rings. The monoisotopic (exact) mass is 493 g/mol. The van der Waals surface area contributed by atoms with Crippen LogP contribution >= 0.6 is 11.3 Å². The van der Waals surface area contributed by atoms with Gasteiger partial charge in [-0.05, 0) is 31.9 Å². The van der Waals surface area contributed by atoms with Gasteiger partial charge in [0.15, 0.2) is 21.3 Å². The number of aromatic nitrogens is 3. The predicted molar refractivity (Wildman–Crippen MR) is 125 cm³/mol. The largest absolute Gasteiger partial charge is 0.401 e. The molecule has 1 aromatic carbocycles. The number of carbonyl (C=O) groups is 1. The van der Waals surface area contributed by atoms with E-state index in [0.717, 1.165) is 23.3 Å². The van der Waals surface area contributed by atoms with Crippen molar-refractivity contribution in [1.82, 2.24) is 19.4 Å². The molecule has 11 heteroatoms. The zero-order valence-electron chi connectivity index (χ0n) is 19.0. The van der Waals surface area contributed by atoms with E-state index in [1.165, 1.54) is 30.0 Å². The predicted octanol–water partition coefficient (Wildman–Crippen LogP) is 3.55. The molecule has 2 aromatic heterocycles. The lowest BCUT2D eigenvalue weighted by Gasteiger charge is -2.22. The lowest BCUT2D eigenvalue weighted by atomic mass is 10.0. The summed E-state index contributed by atoms with van der Waals surface area (Å²) in [5.41, 5.74) is 0.872. The number of hydrogen-bond donors (Lipinski definition) is 0. The van der Waals surface area contributed by atoms with Gasteiger partial charge in [-0.2, -0.15) is 13.2 Å². The molecule has 0 N–H and O–H groups in total. The van der Waals surface area contributed by atoms with Gasteiger partial charge in [-0.25, -0.2) is 9.97 Å². The highest BCUT2D eigenvalue weighted by atomic mass is 32.1. The number of halogens is 3. The van der Waals surface area contributed by atoms with Crippen LogP contribution in [0.3, 0.4) is 0 Å². The summed E-state index contributed by atoms with van der Waals surface area (Å²) >= 11 is 1.20. The van der Waals surface area contributed by atoms with Crippen LogP contribution in [-0.4, -0.2) is 57.6 Å². The van der Waals surface area contributed by atoms with Gasteiger partial charge >= 0.3 is 6.18 Å². The first kappa shape index (κ1) is 24.3. The summed E-state index contributed by atoms with van der Waals surface area (Å²) in [4.78, 5) is 38.2. The molecule has 1 saturated heterocycles. The molecule has 7 nitrogen and oxygen atoms in total. The fourth-order valence-electron chi connectivity index (χ4n) is 4.26. The number of anilines is 1. The molecule has 3 aromatic rings. The van der Waals surface area contributed by atoms with Gasteiger partial charge in [-0.3, -0.25) is 19.1 Å². The Bertz CT molecular complexity index is 1230. The maximum atomic E-state index is 13.0. The zero-order valence-corrected chi connectivity index (χ0v) is 19.8. The standard InChI is InChI=1S/C23H26F3N5O2S/c1-29(14-23(24,25)26)13-18-27-20-19(21(33)30(18)2)28-22(34-20)31-12-6-9-16(31)17(32)11-10-15-7-4-3-5-8-15/h3-5,7-8,16H,6,9-14H2,1-2H3/t16-/m1/s1. The molecule has 4 rings (SSSR count). The first-order valence-electron chi connectivity index (χ1n) is 11.1. The maximum Gasteiger partial charge on any atom is 0.401 e. The smallest absolute Gasteiger partial charge is 0.338 e. The zero-order chi connectivity index (χ0) is 24.5. The lowest BCUT2D eigenvalue weighted by Crippen LogP contribution is -2.36. The Morgan fingerprint density at radius 2 is 1.97 bits per heavy atom. The van der Waals surface area contributed by atoms with Crippen LogP contribution in [0.25, 0.3) is 10.3 Å². The summed E-state index contributed by atoms with van der Waals surface area (Å²) < 4.78 is 39.3. The first-order chi connectivity index (χ1) is 16.1. The third kappa shape index (κ3) is 5.47. The molecule has 182 valence electrons. The number of nitrogens with zero attached hydrogens (tertiary/aromatic N) is 5. The average molecular weight is 494 g/mol. The number of benzene rings is 1. The van der Waals surface area contributed by atoms with Gasteiger partial charge in [0, 0.05) is 20.0 Å². The van der Waals surface area contributed by atoms with Gasteiger partial charge in [0.05, 0.1) is 19.1 Å². The molecule has 3 heterocycles. The van der Waals surface area contributed by atoms with Gasteiger partial charge < -0.3 is 4.90 Å².